The topological polar surface area (TPSA) is 64.3 Å². The Kier molecular flexibility index (Phi) is 7.99. The third kappa shape index (κ3) is 5.70. The molecule has 1 saturated heterocycles. The van der Waals surface area contributed by atoms with Crippen molar-refractivity contribution in [3.8, 4) is 0 Å². The standard InChI is InChI=1S/C32H35N3O3/c1-2-30(36)27-16-14-26(15-17-27)23-35-29-9-5-4-8-28(29)31(37)34(32(35)38)21-18-24-10-12-25(13-11-24)22-33-19-6-3-7-20-33/h4-5,8-17H,2-3,6-7,18-23H2,1H3. The molecule has 0 spiro atoms. The highest BCUT2D eigenvalue weighted by molar-refractivity contribution is 5.95. The van der Waals surface area contributed by atoms with E-state index in [1.807, 2.05) is 37.3 Å². The Labute approximate surface area is 223 Å². The van der Waals surface area contributed by atoms with E-state index in [2.05, 4.69) is 29.2 Å². The number of carbonyl (C=O) groups excluding carboxylic acids is 1. The van der Waals surface area contributed by atoms with Crippen LogP contribution in [0.2, 0.25) is 0 Å². The number of ketones is 1. The second kappa shape index (κ2) is 11.7. The molecule has 196 valence electrons. The SMILES string of the molecule is CCC(=O)c1ccc(Cn2c(=O)n(CCc3ccc(CN4CCCCC4)cc3)c(=O)c3ccccc32)cc1. The number of Topliss-reactive ketones (excluding diaryl/α,β-unsaturated/α-hetero) is 1. The van der Waals surface area contributed by atoms with Gasteiger partial charge in [-0.3, -0.25) is 23.6 Å². The van der Waals surface area contributed by atoms with E-state index in [1.54, 1.807) is 22.8 Å². The summed E-state index contributed by atoms with van der Waals surface area (Å²) in [6.45, 7) is 5.79. The molecule has 1 aliphatic rings. The van der Waals surface area contributed by atoms with Gasteiger partial charge in [0, 0.05) is 25.1 Å². The number of hydrogen-bond acceptors (Lipinski definition) is 4. The van der Waals surface area contributed by atoms with Gasteiger partial charge in [-0.15, -0.1) is 0 Å². The first-order chi connectivity index (χ1) is 18.5. The lowest BCUT2D eigenvalue weighted by Gasteiger charge is -2.26. The van der Waals surface area contributed by atoms with Crippen LogP contribution in [0.3, 0.4) is 0 Å². The third-order valence-electron chi connectivity index (χ3n) is 7.57. The predicted molar refractivity (Wildman–Crippen MR) is 152 cm³/mol. The molecule has 1 fully saturated rings. The molecule has 0 aliphatic carbocycles. The van der Waals surface area contributed by atoms with Crippen molar-refractivity contribution in [2.24, 2.45) is 0 Å². The van der Waals surface area contributed by atoms with Gasteiger partial charge in [0.2, 0.25) is 0 Å². The smallest absolute Gasteiger partial charge is 0.299 e. The van der Waals surface area contributed by atoms with Crippen LogP contribution in [0, 0.1) is 0 Å². The quantitative estimate of drug-likeness (QED) is 0.297. The number of benzene rings is 3. The first-order valence-corrected chi connectivity index (χ1v) is 13.7. The van der Waals surface area contributed by atoms with E-state index < -0.39 is 0 Å². The summed E-state index contributed by atoms with van der Waals surface area (Å²) in [5, 5.41) is 0.529. The zero-order chi connectivity index (χ0) is 26.5. The van der Waals surface area contributed by atoms with Crippen LogP contribution in [0.5, 0.6) is 0 Å². The van der Waals surface area contributed by atoms with Crippen LogP contribution in [0.15, 0.2) is 82.4 Å². The van der Waals surface area contributed by atoms with Gasteiger partial charge in [0.25, 0.3) is 5.56 Å². The minimum Gasteiger partial charge on any atom is -0.299 e. The minimum absolute atomic E-state index is 0.0900. The van der Waals surface area contributed by atoms with E-state index in [-0.39, 0.29) is 17.0 Å². The number of piperidine rings is 1. The second-order valence-electron chi connectivity index (χ2n) is 10.2. The molecule has 2 heterocycles. The Balaban J connectivity index is 1.37. The lowest BCUT2D eigenvalue weighted by Crippen LogP contribution is -2.40. The number of hydrogen-bond donors (Lipinski definition) is 0. The molecule has 1 aromatic heterocycles. The zero-order valence-electron chi connectivity index (χ0n) is 22.1. The Bertz CT molecular complexity index is 1530. The summed E-state index contributed by atoms with van der Waals surface area (Å²) in [4.78, 5) is 41.4. The molecule has 3 aromatic carbocycles. The monoisotopic (exact) mass is 509 g/mol. The van der Waals surface area contributed by atoms with Gasteiger partial charge in [-0.05, 0) is 61.2 Å². The molecule has 0 N–H and O–H groups in total. The number of para-hydroxylation sites is 1. The first-order valence-electron chi connectivity index (χ1n) is 13.7. The van der Waals surface area contributed by atoms with Crippen LogP contribution in [-0.4, -0.2) is 32.9 Å². The highest BCUT2D eigenvalue weighted by Gasteiger charge is 2.14. The summed E-state index contributed by atoms with van der Waals surface area (Å²) in [5.41, 5.74) is 4.02. The highest BCUT2D eigenvalue weighted by Crippen LogP contribution is 2.15. The number of fused-ring (bicyclic) bond motifs is 1. The van der Waals surface area contributed by atoms with Gasteiger partial charge in [0.1, 0.15) is 0 Å². The lowest BCUT2D eigenvalue weighted by molar-refractivity contribution is 0.0988. The number of aromatic nitrogens is 2. The third-order valence-corrected chi connectivity index (χ3v) is 7.57. The largest absolute Gasteiger partial charge is 0.331 e. The number of rotatable bonds is 9. The van der Waals surface area contributed by atoms with Crippen molar-refractivity contribution in [2.75, 3.05) is 13.1 Å². The fraction of sp³-hybridized carbons (Fsp3) is 0.344. The maximum atomic E-state index is 13.6. The summed E-state index contributed by atoms with van der Waals surface area (Å²) in [7, 11) is 0. The fourth-order valence-electron chi connectivity index (χ4n) is 5.33. The molecule has 1 aliphatic heterocycles. The predicted octanol–water partition coefficient (Wildman–Crippen LogP) is 5.03. The van der Waals surface area contributed by atoms with Gasteiger partial charge in [-0.2, -0.15) is 0 Å². The Morgan fingerprint density at radius 3 is 2.08 bits per heavy atom. The number of carbonyl (C=O) groups is 1. The van der Waals surface area contributed by atoms with Crippen molar-refractivity contribution in [1.29, 1.82) is 0 Å². The van der Waals surface area contributed by atoms with Gasteiger partial charge in [0.05, 0.1) is 17.4 Å². The molecule has 6 heteroatoms. The number of likely N-dealkylation sites (tertiary alicyclic amines) is 1. The maximum Gasteiger partial charge on any atom is 0.331 e. The molecule has 0 amide bonds. The average molecular weight is 510 g/mol. The molecule has 5 rings (SSSR count). The minimum atomic E-state index is -0.316. The van der Waals surface area contributed by atoms with Gasteiger partial charge < -0.3 is 0 Å². The first kappa shape index (κ1) is 25.9. The summed E-state index contributed by atoms with van der Waals surface area (Å²) in [5.74, 6) is 0.0900. The van der Waals surface area contributed by atoms with Crippen LogP contribution < -0.4 is 11.2 Å². The maximum absolute atomic E-state index is 13.6. The van der Waals surface area contributed by atoms with Crippen LogP contribution in [0.1, 0.15) is 59.7 Å². The van der Waals surface area contributed by atoms with Crippen LogP contribution in [0.25, 0.3) is 10.9 Å². The summed E-state index contributed by atoms with van der Waals surface area (Å²) >= 11 is 0. The molecular formula is C32H35N3O3. The second-order valence-corrected chi connectivity index (χ2v) is 10.2. The Hall–Kier alpha value is -3.77. The summed E-state index contributed by atoms with van der Waals surface area (Å²) in [6.07, 6.45) is 4.94. The number of nitrogens with zero attached hydrogens (tertiary/aromatic N) is 3. The van der Waals surface area contributed by atoms with Crippen LogP contribution >= 0.6 is 0 Å². The lowest BCUT2D eigenvalue weighted by atomic mass is 10.1. The zero-order valence-corrected chi connectivity index (χ0v) is 22.1. The van der Waals surface area contributed by atoms with Crippen molar-refractivity contribution in [2.45, 2.75) is 58.7 Å². The fourth-order valence-corrected chi connectivity index (χ4v) is 5.33. The van der Waals surface area contributed by atoms with Crippen molar-refractivity contribution in [3.05, 3.63) is 116 Å². The van der Waals surface area contributed by atoms with Crippen LogP contribution in [-0.2, 0) is 26.1 Å². The van der Waals surface area contributed by atoms with Gasteiger partial charge in [-0.1, -0.05) is 74.0 Å². The molecular weight excluding hydrogens is 474 g/mol. The van der Waals surface area contributed by atoms with E-state index in [0.29, 0.717) is 42.4 Å². The molecule has 6 nitrogen and oxygen atoms in total. The van der Waals surface area contributed by atoms with Gasteiger partial charge in [-0.25, -0.2) is 4.79 Å². The van der Waals surface area contributed by atoms with Crippen molar-refractivity contribution >= 4 is 16.7 Å². The van der Waals surface area contributed by atoms with E-state index in [9.17, 15) is 14.4 Å². The molecule has 38 heavy (non-hydrogen) atoms. The van der Waals surface area contributed by atoms with E-state index in [4.69, 9.17) is 0 Å². The molecule has 0 unspecified atom stereocenters. The normalized spacial score (nSPS) is 14.1. The molecule has 0 radical (unpaired) electrons. The van der Waals surface area contributed by atoms with Crippen LogP contribution in [0.4, 0.5) is 0 Å². The number of aryl methyl sites for hydroxylation is 1. The molecule has 0 atom stereocenters. The van der Waals surface area contributed by atoms with Crippen molar-refractivity contribution < 1.29 is 4.79 Å². The van der Waals surface area contributed by atoms with Gasteiger partial charge in [0.15, 0.2) is 5.78 Å². The van der Waals surface area contributed by atoms with E-state index in [1.165, 1.54) is 42.5 Å². The Morgan fingerprint density at radius 2 is 1.37 bits per heavy atom. The molecule has 0 bridgehead atoms. The van der Waals surface area contributed by atoms with E-state index in [0.717, 1.165) is 17.7 Å². The average Bonchev–Trinajstić information content (AvgIpc) is 2.96. The molecule has 0 saturated carbocycles. The summed E-state index contributed by atoms with van der Waals surface area (Å²) < 4.78 is 3.02. The Morgan fingerprint density at radius 1 is 0.737 bits per heavy atom. The highest BCUT2D eigenvalue weighted by atomic mass is 16.2. The summed E-state index contributed by atoms with van der Waals surface area (Å²) in [6, 6.07) is 23.2. The van der Waals surface area contributed by atoms with E-state index >= 15 is 0 Å². The molecule has 4 aromatic rings. The van der Waals surface area contributed by atoms with Crippen molar-refractivity contribution in [3.63, 3.8) is 0 Å². The van der Waals surface area contributed by atoms with Crippen molar-refractivity contribution in [1.82, 2.24) is 14.0 Å². The van der Waals surface area contributed by atoms with Gasteiger partial charge >= 0.3 is 5.69 Å².